The van der Waals surface area contributed by atoms with Crippen LogP contribution in [0.15, 0.2) is 18.2 Å². The highest BCUT2D eigenvalue weighted by Gasteiger charge is 2.39. The summed E-state index contributed by atoms with van der Waals surface area (Å²) in [5, 5.41) is 8.97. The number of nitrogens with zero attached hydrogens (tertiary/aromatic N) is 2. The van der Waals surface area contributed by atoms with Crippen LogP contribution >= 0.6 is 0 Å². The molecule has 0 radical (unpaired) electrons. The van der Waals surface area contributed by atoms with Crippen molar-refractivity contribution in [3.8, 4) is 0 Å². The van der Waals surface area contributed by atoms with Crippen molar-refractivity contribution in [3.05, 3.63) is 35.1 Å². The summed E-state index contributed by atoms with van der Waals surface area (Å²) in [6, 6.07) is 4.55. The molecule has 0 unspecified atom stereocenters. The molecule has 2 rings (SSSR count). The molecule has 0 bridgehead atoms. The minimum absolute atomic E-state index is 0.176. The Kier molecular flexibility index (Phi) is 4.64. The first-order chi connectivity index (χ1) is 9.85. The van der Waals surface area contributed by atoms with E-state index in [1.165, 1.54) is 12.5 Å². The molecule has 0 amide bonds. The molecular formula is C16H23FN2O2. The van der Waals surface area contributed by atoms with Gasteiger partial charge in [-0.2, -0.15) is 0 Å². The van der Waals surface area contributed by atoms with Crippen LogP contribution in [0.25, 0.3) is 0 Å². The predicted molar refractivity (Wildman–Crippen MR) is 80.0 cm³/mol. The van der Waals surface area contributed by atoms with E-state index in [0.29, 0.717) is 12.1 Å². The van der Waals surface area contributed by atoms with E-state index in [0.717, 1.165) is 19.4 Å². The molecule has 116 valence electrons. The standard InChI is InChI=1S/C16H23FN2O2/c1-18(2)16(8-5-9-16)11-19(3)10-12-6-4-7-13(14(12)17)15(20)21/h4,6-7H,5,8-11H2,1-3H3,(H,20,21). The maximum Gasteiger partial charge on any atom is 0.338 e. The number of rotatable bonds is 6. The molecule has 1 aliphatic carbocycles. The van der Waals surface area contributed by atoms with E-state index in [1.54, 1.807) is 12.1 Å². The normalized spacial score (nSPS) is 17.0. The van der Waals surface area contributed by atoms with Gasteiger partial charge in [-0.15, -0.1) is 0 Å². The van der Waals surface area contributed by atoms with E-state index in [-0.39, 0.29) is 11.1 Å². The SMILES string of the molecule is CN(Cc1cccc(C(=O)O)c1F)CC1(N(C)C)CCC1. The molecule has 0 spiro atoms. The monoisotopic (exact) mass is 294 g/mol. The molecule has 21 heavy (non-hydrogen) atoms. The van der Waals surface area contributed by atoms with Gasteiger partial charge in [-0.3, -0.25) is 0 Å². The van der Waals surface area contributed by atoms with Gasteiger partial charge in [-0.05, 0) is 46.5 Å². The van der Waals surface area contributed by atoms with Crippen LogP contribution in [0.3, 0.4) is 0 Å². The van der Waals surface area contributed by atoms with E-state index in [1.807, 2.05) is 7.05 Å². The summed E-state index contributed by atoms with van der Waals surface area (Å²) in [6.07, 6.45) is 3.54. The smallest absolute Gasteiger partial charge is 0.338 e. The van der Waals surface area contributed by atoms with Crippen LogP contribution < -0.4 is 0 Å². The fraction of sp³-hybridized carbons (Fsp3) is 0.562. The second-order valence-corrected chi connectivity index (χ2v) is 6.23. The Bertz CT molecular complexity index is 527. The Morgan fingerprint density at radius 1 is 1.33 bits per heavy atom. The Morgan fingerprint density at radius 3 is 2.48 bits per heavy atom. The van der Waals surface area contributed by atoms with Crippen LogP contribution in [0.2, 0.25) is 0 Å². The Labute approximate surface area is 125 Å². The number of hydrogen-bond donors (Lipinski definition) is 1. The molecule has 1 saturated carbocycles. The summed E-state index contributed by atoms with van der Waals surface area (Å²) in [5.74, 6) is -1.84. The minimum atomic E-state index is -1.22. The molecule has 1 aromatic carbocycles. The molecule has 1 aromatic rings. The summed E-state index contributed by atoms with van der Waals surface area (Å²) in [7, 11) is 6.12. The third-order valence-corrected chi connectivity index (χ3v) is 4.55. The summed E-state index contributed by atoms with van der Waals surface area (Å²) >= 11 is 0. The molecule has 0 heterocycles. The first-order valence-electron chi connectivity index (χ1n) is 7.22. The number of carboxylic acids is 1. The number of likely N-dealkylation sites (N-methyl/N-ethyl adjacent to an activating group) is 2. The summed E-state index contributed by atoms with van der Waals surface area (Å²) in [4.78, 5) is 15.3. The van der Waals surface area contributed by atoms with Crippen molar-refractivity contribution in [2.75, 3.05) is 27.7 Å². The molecule has 1 aliphatic rings. The Morgan fingerprint density at radius 2 is 2.00 bits per heavy atom. The first kappa shape index (κ1) is 15.9. The molecule has 0 aromatic heterocycles. The van der Waals surface area contributed by atoms with Crippen molar-refractivity contribution in [1.29, 1.82) is 0 Å². The van der Waals surface area contributed by atoms with Crippen molar-refractivity contribution in [3.63, 3.8) is 0 Å². The van der Waals surface area contributed by atoms with E-state index in [9.17, 15) is 9.18 Å². The molecule has 0 aliphatic heterocycles. The average molecular weight is 294 g/mol. The molecule has 0 atom stereocenters. The lowest BCUT2D eigenvalue weighted by atomic mass is 9.75. The fourth-order valence-electron chi connectivity index (χ4n) is 3.05. The highest BCUT2D eigenvalue weighted by atomic mass is 19.1. The average Bonchev–Trinajstić information content (AvgIpc) is 2.35. The summed E-state index contributed by atoms with van der Waals surface area (Å²) in [5.41, 5.74) is 0.354. The summed E-state index contributed by atoms with van der Waals surface area (Å²) < 4.78 is 14.2. The number of carboxylic acid groups (broad SMARTS) is 1. The zero-order valence-electron chi connectivity index (χ0n) is 12.9. The molecule has 4 nitrogen and oxygen atoms in total. The maximum atomic E-state index is 14.2. The fourth-order valence-corrected chi connectivity index (χ4v) is 3.05. The number of hydrogen-bond acceptors (Lipinski definition) is 3. The third-order valence-electron chi connectivity index (χ3n) is 4.55. The Balaban J connectivity index is 2.08. The molecule has 1 N–H and O–H groups in total. The number of halogens is 1. The zero-order valence-corrected chi connectivity index (χ0v) is 12.9. The molecule has 0 saturated heterocycles. The van der Waals surface area contributed by atoms with Gasteiger partial charge in [0, 0.05) is 24.2 Å². The predicted octanol–water partition coefficient (Wildman–Crippen LogP) is 2.44. The van der Waals surface area contributed by atoms with E-state index in [2.05, 4.69) is 23.9 Å². The van der Waals surface area contributed by atoms with Gasteiger partial charge in [0.15, 0.2) is 0 Å². The van der Waals surface area contributed by atoms with Gasteiger partial charge in [-0.1, -0.05) is 12.1 Å². The summed E-state index contributed by atoms with van der Waals surface area (Å²) in [6.45, 7) is 1.28. The zero-order chi connectivity index (χ0) is 15.6. The Hall–Kier alpha value is -1.46. The van der Waals surface area contributed by atoms with Crippen LogP contribution in [0.4, 0.5) is 4.39 Å². The third kappa shape index (κ3) is 3.24. The van der Waals surface area contributed by atoms with Crippen molar-refractivity contribution >= 4 is 5.97 Å². The lowest BCUT2D eigenvalue weighted by Gasteiger charge is -2.49. The van der Waals surface area contributed by atoms with E-state index >= 15 is 0 Å². The second-order valence-electron chi connectivity index (χ2n) is 6.23. The largest absolute Gasteiger partial charge is 0.478 e. The van der Waals surface area contributed by atoms with Crippen LogP contribution in [0.5, 0.6) is 0 Å². The van der Waals surface area contributed by atoms with Crippen molar-refractivity contribution < 1.29 is 14.3 Å². The van der Waals surface area contributed by atoms with E-state index < -0.39 is 11.8 Å². The van der Waals surface area contributed by atoms with Gasteiger partial charge < -0.3 is 14.9 Å². The molecule has 1 fully saturated rings. The van der Waals surface area contributed by atoms with E-state index in [4.69, 9.17) is 5.11 Å². The highest BCUT2D eigenvalue weighted by molar-refractivity contribution is 5.88. The quantitative estimate of drug-likeness (QED) is 0.875. The van der Waals surface area contributed by atoms with Gasteiger partial charge in [0.25, 0.3) is 0 Å². The van der Waals surface area contributed by atoms with Gasteiger partial charge in [0.1, 0.15) is 5.82 Å². The molecule has 5 heteroatoms. The topological polar surface area (TPSA) is 43.8 Å². The second kappa shape index (κ2) is 6.12. The maximum absolute atomic E-state index is 14.2. The van der Waals surface area contributed by atoms with Crippen molar-refractivity contribution in [2.45, 2.75) is 31.3 Å². The van der Waals surface area contributed by atoms with Crippen LogP contribution in [0.1, 0.15) is 35.2 Å². The number of benzene rings is 1. The minimum Gasteiger partial charge on any atom is -0.478 e. The van der Waals surface area contributed by atoms with Crippen molar-refractivity contribution in [1.82, 2.24) is 9.80 Å². The van der Waals surface area contributed by atoms with Gasteiger partial charge in [-0.25, -0.2) is 9.18 Å². The van der Waals surface area contributed by atoms with Gasteiger partial charge in [0.2, 0.25) is 0 Å². The first-order valence-corrected chi connectivity index (χ1v) is 7.22. The number of aromatic carboxylic acids is 1. The van der Waals surface area contributed by atoms with Gasteiger partial charge >= 0.3 is 5.97 Å². The van der Waals surface area contributed by atoms with Crippen LogP contribution in [-0.4, -0.2) is 54.1 Å². The van der Waals surface area contributed by atoms with Gasteiger partial charge in [0.05, 0.1) is 5.56 Å². The van der Waals surface area contributed by atoms with Crippen LogP contribution in [0, 0.1) is 5.82 Å². The van der Waals surface area contributed by atoms with Crippen molar-refractivity contribution in [2.24, 2.45) is 0 Å². The highest BCUT2D eigenvalue weighted by Crippen LogP contribution is 2.36. The molecular weight excluding hydrogens is 271 g/mol. The number of carbonyl (C=O) groups is 1. The lowest BCUT2D eigenvalue weighted by molar-refractivity contribution is 0.0256. The van der Waals surface area contributed by atoms with Crippen LogP contribution in [-0.2, 0) is 6.54 Å². The lowest BCUT2D eigenvalue weighted by Crippen LogP contribution is -2.56.